The van der Waals surface area contributed by atoms with Crippen LogP contribution in [-0.2, 0) is 16.9 Å². The molecule has 1 aromatic heterocycles. The number of rotatable bonds is 1. The maximum absolute atomic E-state index is 15.4. The van der Waals surface area contributed by atoms with Crippen molar-refractivity contribution >= 4 is 22.4 Å². The monoisotopic (exact) mass is 542 g/mol. The van der Waals surface area contributed by atoms with Gasteiger partial charge in [0.25, 0.3) is 0 Å². The zero-order chi connectivity index (χ0) is 28.2. The second-order valence-electron chi connectivity index (χ2n) is 11.2. The van der Waals surface area contributed by atoms with Crippen LogP contribution in [0.5, 0.6) is 0 Å². The summed E-state index contributed by atoms with van der Waals surface area (Å²) < 4.78 is 64.9. The van der Waals surface area contributed by atoms with Gasteiger partial charge in [-0.15, -0.1) is 0 Å². The molecule has 0 bridgehead atoms. The third kappa shape index (κ3) is 4.79. The van der Waals surface area contributed by atoms with Crippen LogP contribution < -0.4 is 10.6 Å². The minimum Gasteiger partial charge on any atom is -0.375 e. The predicted molar refractivity (Wildman–Crippen MR) is 142 cm³/mol. The zero-order valence-corrected chi connectivity index (χ0v) is 22.3. The standard InChI is InChI=1S/C29H30F4N4O2/c1-27(2,3)37-23-10-6-8-21(30)24(23)25(34-26(37)38)36-15-16-39-17-20-19(7-5-9-22(20)36)11-12-28(29(31,32)33)13-14-35(4)18-28/h5-10H,13-18H2,1-4H3. The number of nitrogens with zero attached hydrogens (tertiary/aromatic N) is 4. The molecule has 3 heterocycles. The summed E-state index contributed by atoms with van der Waals surface area (Å²) in [5.41, 5.74) is -1.38. The highest BCUT2D eigenvalue weighted by atomic mass is 19.4. The van der Waals surface area contributed by atoms with Crippen LogP contribution in [0.4, 0.5) is 29.1 Å². The number of anilines is 2. The summed E-state index contributed by atoms with van der Waals surface area (Å²) in [6.07, 6.45) is -4.58. The molecule has 2 aliphatic heterocycles. The van der Waals surface area contributed by atoms with Crippen LogP contribution >= 0.6 is 0 Å². The van der Waals surface area contributed by atoms with Crippen LogP contribution in [0.15, 0.2) is 41.2 Å². The van der Waals surface area contributed by atoms with Gasteiger partial charge in [-0.2, -0.15) is 18.2 Å². The quantitative estimate of drug-likeness (QED) is 0.313. The Hall–Kier alpha value is -3.42. The van der Waals surface area contributed by atoms with Crippen molar-refractivity contribution in [2.24, 2.45) is 5.41 Å². The summed E-state index contributed by atoms with van der Waals surface area (Å²) in [6, 6.07) is 9.66. The minimum atomic E-state index is -4.48. The van der Waals surface area contributed by atoms with Gasteiger partial charge < -0.3 is 14.5 Å². The Morgan fingerprint density at radius 1 is 1.08 bits per heavy atom. The van der Waals surface area contributed by atoms with E-state index in [2.05, 4.69) is 16.8 Å². The first-order chi connectivity index (χ1) is 18.3. The number of fused-ring (bicyclic) bond motifs is 2. The minimum absolute atomic E-state index is 0.100. The fourth-order valence-corrected chi connectivity index (χ4v) is 5.42. The van der Waals surface area contributed by atoms with Crippen LogP contribution in [-0.4, -0.2) is 53.9 Å². The Balaban J connectivity index is 1.69. The highest BCUT2D eigenvalue weighted by Crippen LogP contribution is 2.45. The van der Waals surface area contributed by atoms with E-state index in [9.17, 15) is 18.0 Å². The van der Waals surface area contributed by atoms with E-state index >= 15 is 4.39 Å². The summed E-state index contributed by atoms with van der Waals surface area (Å²) >= 11 is 0. The molecule has 39 heavy (non-hydrogen) atoms. The van der Waals surface area contributed by atoms with E-state index in [0.717, 1.165) is 0 Å². The highest BCUT2D eigenvalue weighted by molar-refractivity contribution is 5.93. The molecular formula is C29H30F4N4O2. The van der Waals surface area contributed by atoms with Gasteiger partial charge >= 0.3 is 11.9 Å². The first-order valence-corrected chi connectivity index (χ1v) is 12.8. The van der Waals surface area contributed by atoms with E-state index < -0.39 is 28.6 Å². The number of aromatic nitrogens is 2. The Kier molecular flexibility index (Phi) is 6.72. The van der Waals surface area contributed by atoms with Gasteiger partial charge in [-0.3, -0.25) is 4.57 Å². The molecule has 0 radical (unpaired) electrons. The van der Waals surface area contributed by atoms with Crippen molar-refractivity contribution in [1.82, 2.24) is 14.5 Å². The third-order valence-electron chi connectivity index (χ3n) is 7.36. The Morgan fingerprint density at radius 2 is 1.82 bits per heavy atom. The van der Waals surface area contributed by atoms with E-state index in [4.69, 9.17) is 4.74 Å². The lowest BCUT2D eigenvalue weighted by atomic mass is 9.86. The molecule has 1 unspecified atom stereocenters. The lowest BCUT2D eigenvalue weighted by Crippen LogP contribution is -2.39. The van der Waals surface area contributed by atoms with Crippen LogP contribution in [0, 0.1) is 23.1 Å². The third-order valence-corrected chi connectivity index (χ3v) is 7.36. The van der Waals surface area contributed by atoms with Crippen LogP contribution in [0.2, 0.25) is 0 Å². The SMILES string of the molecule is CN1CCC(C#Cc2cccc3c2COCCN3c2nc(=O)n(C(C)(C)C)c3cccc(F)c23)(C(F)(F)F)C1. The number of alkyl halides is 3. The van der Waals surface area contributed by atoms with Crippen molar-refractivity contribution in [3.8, 4) is 11.8 Å². The van der Waals surface area contributed by atoms with Gasteiger partial charge in [0, 0.05) is 35.4 Å². The second-order valence-corrected chi connectivity index (χ2v) is 11.2. The Morgan fingerprint density at radius 3 is 2.49 bits per heavy atom. The van der Waals surface area contributed by atoms with Crippen molar-refractivity contribution in [3.63, 3.8) is 0 Å². The summed E-state index contributed by atoms with van der Waals surface area (Å²) in [5.74, 6) is 4.97. The lowest BCUT2D eigenvalue weighted by molar-refractivity contribution is -0.197. The fourth-order valence-electron chi connectivity index (χ4n) is 5.42. The first-order valence-electron chi connectivity index (χ1n) is 12.8. The first kappa shape index (κ1) is 27.2. The van der Waals surface area contributed by atoms with Crippen molar-refractivity contribution in [2.75, 3.05) is 38.2 Å². The van der Waals surface area contributed by atoms with Crippen molar-refractivity contribution in [1.29, 1.82) is 0 Å². The normalized spacial score (nSPS) is 20.5. The van der Waals surface area contributed by atoms with E-state index in [-0.39, 0.29) is 43.9 Å². The molecule has 206 valence electrons. The molecule has 3 aromatic rings. The zero-order valence-electron chi connectivity index (χ0n) is 22.3. The summed E-state index contributed by atoms with van der Waals surface area (Å²) in [6.45, 7) is 6.25. The molecule has 2 aromatic carbocycles. The van der Waals surface area contributed by atoms with E-state index in [0.29, 0.717) is 28.9 Å². The maximum Gasteiger partial charge on any atom is 0.406 e. The van der Waals surface area contributed by atoms with Gasteiger partial charge in [-0.05, 0) is 65.0 Å². The molecule has 1 saturated heterocycles. The van der Waals surface area contributed by atoms with Gasteiger partial charge in [-0.1, -0.05) is 24.0 Å². The molecule has 0 spiro atoms. The van der Waals surface area contributed by atoms with Gasteiger partial charge in [-0.25, -0.2) is 9.18 Å². The van der Waals surface area contributed by atoms with Crippen LogP contribution in [0.25, 0.3) is 10.9 Å². The van der Waals surface area contributed by atoms with Crippen LogP contribution in [0.1, 0.15) is 38.3 Å². The smallest absolute Gasteiger partial charge is 0.375 e. The number of hydrogen-bond acceptors (Lipinski definition) is 5. The molecule has 0 aliphatic carbocycles. The molecule has 1 atom stereocenters. The average molecular weight is 543 g/mol. The second kappa shape index (κ2) is 9.65. The molecule has 2 aliphatic rings. The fraction of sp³-hybridized carbons (Fsp3) is 0.448. The summed E-state index contributed by atoms with van der Waals surface area (Å²) in [7, 11) is 1.65. The van der Waals surface area contributed by atoms with E-state index in [1.54, 1.807) is 47.2 Å². The Bertz CT molecular complexity index is 1550. The van der Waals surface area contributed by atoms with Gasteiger partial charge in [0.15, 0.2) is 5.82 Å². The molecule has 10 heteroatoms. The maximum atomic E-state index is 15.4. The molecule has 6 nitrogen and oxygen atoms in total. The van der Waals surface area contributed by atoms with E-state index in [1.165, 1.54) is 10.6 Å². The summed E-state index contributed by atoms with van der Waals surface area (Å²) in [5, 5.41) is 0.182. The Labute approximate surface area is 224 Å². The number of halogens is 4. The molecule has 1 fully saturated rings. The number of hydrogen-bond donors (Lipinski definition) is 0. The van der Waals surface area contributed by atoms with Gasteiger partial charge in [0.2, 0.25) is 0 Å². The van der Waals surface area contributed by atoms with Crippen molar-refractivity contribution < 1.29 is 22.3 Å². The van der Waals surface area contributed by atoms with Gasteiger partial charge in [0.05, 0.1) is 24.1 Å². The molecule has 0 saturated carbocycles. The molecule has 0 amide bonds. The van der Waals surface area contributed by atoms with Crippen molar-refractivity contribution in [2.45, 2.75) is 45.5 Å². The number of likely N-dealkylation sites (tertiary alicyclic amines) is 1. The highest BCUT2D eigenvalue weighted by Gasteiger charge is 2.56. The van der Waals surface area contributed by atoms with Crippen molar-refractivity contribution in [3.05, 3.63) is 63.8 Å². The number of benzene rings is 2. The largest absolute Gasteiger partial charge is 0.406 e. The summed E-state index contributed by atoms with van der Waals surface area (Å²) in [4.78, 5) is 20.9. The molecule has 5 rings (SSSR count). The predicted octanol–water partition coefficient (Wildman–Crippen LogP) is 5.19. The van der Waals surface area contributed by atoms with Crippen LogP contribution in [0.3, 0.4) is 0 Å². The topological polar surface area (TPSA) is 50.6 Å². The lowest BCUT2D eigenvalue weighted by Gasteiger charge is -2.29. The number of ether oxygens (including phenoxy) is 1. The van der Waals surface area contributed by atoms with E-state index in [1.807, 2.05) is 20.8 Å². The molecular weight excluding hydrogens is 512 g/mol. The van der Waals surface area contributed by atoms with Gasteiger partial charge in [0.1, 0.15) is 11.2 Å². The molecule has 0 N–H and O–H groups in total. The average Bonchev–Trinajstić information content (AvgIpc) is 3.10.